The van der Waals surface area contributed by atoms with Crippen LogP contribution < -0.4 is 10.6 Å². The lowest BCUT2D eigenvalue weighted by Gasteiger charge is -2.31. The predicted octanol–water partition coefficient (Wildman–Crippen LogP) is 2.49. The Balaban J connectivity index is 1.67. The van der Waals surface area contributed by atoms with Crippen molar-refractivity contribution in [3.05, 3.63) is 60.2 Å². The summed E-state index contributed by atoms with van der Waals surface area (Å²) in [5, 5.41) is 5.64. The van der Waals surface area contributed by atoms with Gasteiger partial charge in [0.2, 0.25) is 15.9 Å². The van der Waals surface area contributed by atoms with E-state index in [0.29, 0.717) is 50.2 Å². The first-order valence-corrected chi connectivity index (χ1v) is 12.1. The van der Waals surface area contributed by atoms with Gasteiger partial charge < -0.3 is 15.4 Å². The van der Waals surface area contributed by atoms with Gasteiger partial charge in [0.25, 0.3) is 5.91 Å². The van der Waals surface area contributed by atoms with E-state index in [4.69, 9.17) is 4.74 Å². The molecule has 1 heterocycles. The molecule has 1 aliphatic rings. The van der Waals surface area contributed by atoms with Gasteiger partial charge in [-0.05, 0) is 43.5 Å². The topological polar surface area (TPSA) is 105 Å². The Morgan fingerprint density at radius 2 is 1.81 bits per heavy atom. The van der Waals surface area contributed by atoms with Crippen molar-refractivity contribution < 1.29 is 22.7 Å². The van der Waals surface area contributed by atoms with E-state index in [0.717, 1.165) is 0 Å². The van der Waals surface area contributed by atoms with E-state index in [1.54, 1.807) is 61.7 Å². The maximum absolute atomic E-state index is 13.0. The Kier molecular flexibility index (Phi) is 8.38. The van der Waals surface area contributed by atoms with E-state index in [1.165, 1.54) is 4.31 Å². The zero-order valence-corrected chi connectivity index (χ0v) is 18.9. The van der Waals surface area contributed by atoms with Crippen LogP contribution >= 0.6 is 0 Å². The minimum absolute atomic E-state index is 0.106. The summed E-state index contributed by atoms with van der Waals surface area (Å²) in [6.45, 7) is 1.49. The van der Waals surface area contributed by atoms with Crippen molar-refractivity contribution in [2.24, 2.45) is 5.92 Å². The highest BCUT2D eigenvalue weighted by molar-refractivity contribution is 7.89. The average Bonchev–Trinajstić information content (AvgIpc) is 2.82. The van der Waals surface area contributed by atoms with Gasteiger partial charge in [-0.15, -0.1) is 0 Å². The number of benzene rings is 2. The number of hydrogen-bond donors (Lipinski definition) is 2. The van der Waals surface area contributed by atoms with Gasteiger partial charge in [0.05, 0.1) is 22.1 Å². The van der Waals surface area contributed by atoms with Gasteiger partial charge in [-0.2, -0.15) is 4.31 Å². The molecule has 2 aromatic carbocycles. The summed E-state index contributed by atoms with van der Waals surface area (Å²) >= 11 is 0. The molecule has 0 bridgehead atoms. The zero-order valence-electron chi connectivity index (χ0n) is 18.1. The number of amides is 2. The number of hydrogen-bond acceptors (Lipinski definition) is 5. The van der Waals surface area contributed by atoms with Gasteiger partial charge in [0.15, 0.2) is 0 Å². The van der Waals surface area contributed by atoms with Crippen molar-refractivity contribution in [3.63, 3.8) is 0 Å². The van der Waals surface area contributed by atoms with E-state index in [9.17, 15) is 18.0 Å². The van der Waals surface area contributed by atoms with Crippen LogP contribution in [0.25, 0.3) is 0 Å². The summed E-state index contributed by atoms with van der Waals surface area (Å²) < 4.78 is 32.2. The van der Waals surface area contributed by atoms with Crippen molar-refractivity contribution in [1.82, 2.24) is 9.62 Å². The van der Waals surface area contributed by atoms with Crippen LogP contribution in [0.4, 0.5) is 5.69 Å². The molecule has 2 aromatic rings. The second-order valence-electron chi connectivity index (χ2n) is 7.65. The Labute approximate surface area is 189 Å². The predicted molar refractivity (Wildman–Crippen MR) is 122 cm³/mol. The molecule has 1 saturated heterocycles. The third-order valence-electron chi connectivity index (χ3n) is 5.38. The monoisotopic (exact) mass is 459 g/mol. The largest absolute Gasteiger partial charge is 0.385 e. The van der Waals surface area contributed by atoms with E-state index in [2.05, 4.69) is 10.6 Å². The summed E-state index contributed by atoms with van der Waals surface area (Å²) in [6, 6.07) is 15.0. The summed E-state index contributed by atoms with van der Waals surface area (Å²) in [4.78, 5) is 25.7. The highest BCUT2D eigenvalue weighted by Crippen LogP contribution is 2.25. The standard InChI is InChI=1S/C23H29N3O5S/c1-31-16-8-14-24-23(28)20-12-5-6-13-21(20)25-22(27)18-9-7-15-26(17-18)32(29,30)19-10-3-2-4-11-19/h2-6,10-13,18H,7-9,14-17H2,1H3,(H,24,28)(H,25,27)/t18-/m1/s1. The molecule has 0 aliphatic carbocycles. The van der Waals surface area contributed by atoms with Gasteiger partial charge >= 0.3 is 0 Å². The fourth-order valence-electron chi connectivity index (χ4n) is 3.65. The number of piperidine rings is 1. The molecule has 172 valence electrons. The number of nitrogens with one attached hydrogen (secondary N) is 2. The third kappa shape index (κ3) is 5.93. The second-order valence-corrected chi connectivity index (χ2v) is 9.59. The maximum atomic E-state index is 13.0. The second kappa shape index (κ2) is 11.2. The molecule has 0 spiro atoms. The minimum atomic E-state index is -3.66. The molecule has 0 radical (unpaired) electrons. The lowest BCUT2D eigenvalue weighted by molar-refractivity contribution is -0.120. The number of carbonyl (C=O) groups is 2. The number of ether oxygens (including phenoxy) is 1. The number of methoxy groups -OCH3 is 1. The molecule has 8 nitrogen and oxygen atoms in total. The summed E-state index contributed by atoms with van der Waals surface area (Å²) in [5.41, 5.74) is 0.771. The van der Waals surface area contributed by atoms with Crippen LogP contribution in [-0.2, 0) is 19.6 Å². The maximum Gasteiger partial charge on any atom is 0.253 e. The normalized spacial score (nSPS) is 17.0. The summed E-state index contributed by atoms with van der Waals surface area (Å²) in [5.74, 6) is -1.08. The molecular weight excluding hydrogens is 430 g/mol. The van der Waals surface area contributed by atoms with Crippen LogP contribution in [0.3, 0.4) is 0 Å². The van der Waals surface area contributed by atoms with E-state index < -0.39 is 15.9 Å². The van der Waals surface area contributed by atoms with Crippen LogP contribution in [0.5, 0.6) is 0 Å². The molecule has 0 saturated carbocycles. The van der Waals surface area contributed by atoms with Gasteiger partial charge in [-0.1, -0.05) is 30.3 Å². The van der Waals surface area contributed by atoms with Crippen molar-refractivity contribution in [2.45, 2.75) is 24.2 Å². The minimum Gasteiger partial charge on any atom is -0.385 e. The first kappa shape index (κ1) is 23.9. The molecule has 0 aromatic heterocycles. The summed E-state index contributed by atoms with van der Waals surface area (Å²) in [6.07, 6.45) is 1.86. The van der Waals surface area contributed by atoms with Crippen LogP contribution in [0.1, 0.15) is 29.6 Å². The molecule has 1 atom stereocenters. The average molecular weight is 460 g/mol. The van der Waals surface area contributed by atoms with E-state index in [-0.39, 0.29) is 23.3 Å². The van der Waals surface area contributed by atoms with E-state index in [1.807, 2.05) is 0 Å². The van der Waals surface area contributed by atoms with Gasteiger partial charge in [-0.25, -0.2) is 8.42 Å². The van der Waals surface area contributed by atoms with Crippen molar-refractivity contribution in [1.29, 1.82) is 0 Å². The SMILES string of the molecule is COCCCNC(=O)c1ccccc1NC(=O)[C@@H]1CCCN(S(=O)(=O)c2ccccc2)C1. The van der Waals surface area contributed by atoms with Crippen LogP contribution in [0.15, 0.2) is 59.5 Å². The number of sulfonamides is 1. The van der Waals surface area contributed by atoms with Crippen molar-refractivity contribution in [3.8, 4) is 0 Å². The smallest absolute Gasteiger partial charge is 0.253 e. The number of rotatable bonds is 9. The number of anilines is 1. The lowest BCUT2D eigenvalue weighted by Crippen LogP contribution is -2.43. The van der Waals surface area contributed by atoms with Crippen molar-refractivity contribution >= 4 is 27.5 Å². The fourth-order valence-corrected chi connectivity index (χ4v) is 5.20. The van der Waals surface area contributed by atoms with Crippen LogP contribution in [0.2, 0.25) is 0 Å². The molecule has 1 aliphatic heterocycles. The van der Waals surface area contributed by atoms with Gasteiger partial charge in [0.1, 0.15) is 0 Å². The number of para-hydroxylation sites is 1. The lowest BCUT2D eigenvalue weighted by atomic mass is 9.98. The molecule has 2 amide bonds. The van der Waals surface area contributed by atoms with Crippen LogP contribution in [-0.4, -0.2) is 57.9 Å². The first-order chi connectivity index (χ1) is 15.4. The highest BCUT2D eigenvalue weighted by atomic mass is 32.2. The Morgan fingerprint density at radius 3 is 2.56 bits per heavy atom. The van der Waals surface area contributed by atoms with Gasteiger partial charge in [-0.3, -0.25) is 9.59 Å². The zero-order chi connectivity index (χ0) is 23.0. The van der Waals surface area contributed by atoms with Gasteiger partial charge in [0, 0.05) is 33.4 Å². The molecule has 1 fully saturated rings. The van der Waals surface area contributed by atoms with Crippen LogP contribution in [0, 0.1) is 5.92 Å². The summed E-state index contributed by atoms with van der Waals surface area (Å²) in [7, 11) is -2.06. The Morgan fingerprint density at radius 1 is 1.09 bits per heavy atom. The quantitative estimate of drug-likeness (QED) is 0.561. The third-order valence-corrected chi connectivity index (χ3v) is 7.26. The highest BCUT2D eigenvalue weighted by Gasteiger charge is 2.33. The number of nitrogens with zero attached hydrogens (tertiary/aromatic N) is 1. The molecular formula is C23H29N3O5S. The molecule has 2 N–H and O–H groups in total. The fraction of sp³-hybridized carbons (Fsp3) is 0.391. The first-order valence-electron chi connectivity index (χ1n) is 10.7. The molecule has 32 heavy (non-hydrogen) atoms. The molecule has 3 rings (SSSR count). The number of carbonyl (C=O) groups excluding carboxylic acids is 2. The van der Waals surface area contributed by atoms with Crippen molar-refractivity contribution in [2.75, 3.05) is 38.7 Å². The van der Waals surface area contributed by atoms with E-state index >= 15 is 0 Å². The molecule has 9 heteroatoms. The Hall–Kier alpha value is -2.75. The molecule has 0 unspecified atom stereocenters. The Bertz CT molecular complexity index is 1030.